The number of carboxylic acid groups (broad SMARTS) is 1. The van der Waals surface area contributed by atoms with Crippen LogP contribution < -0.4 is 5.32 Å². The van der Waals surface area contributed by atoms with Gasteiger partial charge in [-0.3, -0.25) is 4.79 Å². The second kappa shape index (κ2) is 7.28. The molecule has 20 heavy (non-hydrogen) atoms. The third-order valence-electron chi connectivity index (χ3n) is 3.53. The molecule has 0 saturated carbocycles. The van der Waals surface area contributed by atoms with Crippen molar-refractivity contribution in [3.8, 4) is 0 Å². The van der Waals surface area contributed by atoms with Gasteiger partial charge in [-0.15, -0.1) is 0 Å². The fraction of sp³-hybridized carbons (Fsp3) is 0.500. The molecule has 1 aromatic heterocycles. The standard InChI is InChI=1S/C14H20N2O3S/c1-4-14(5-2,20-3)9-16-12(17)10-6-7-15-11(8-10)13(18)19/h6-8H,4-5,9H2,1-3H3,(H,16,17)(H,18,19). The van der Waals surface area contributed by atoms with Crippen molar-refractivity contribution in [2.75, 3.05) is 12.8 Å². The molecule has 1 rings (SSSR count). The maximum atomic E-state index is 12.1. The molecule has 6 heteroatoms. The van der Waals surface area contributed by atoms with Crippen LogP contribution in [0, 0.1) is 0 Å². The Morgan fingerprint density at radius 3 is 2.55 bits per heavy atom. The summed E-state index contributed by atoms with van der Waals surface area (Å²) < 4.78 is 0.0261. The molecule has 0 fully saturated rings. The first-order chi connectivity index (χ1) is 9.48. The molecule has 0 aliphatic rings. The molecule has 0 spiro atoms. The lowest BCUT2D eigenvalue weighted by atomic mass is 10.0. The van der Waals surface area contributed by atoms with Gasteiger partial charge in [0.25, 0.3) is 5.91 Å². The quantitative estimate of drug-likeness (QED) is 0.808. The van der Waals surface area contributed by atoms with Crippen LogP contribution in [0.2, 0.25) is 0 Å². The molecule has 1 amide bonds. The van der Waals surface area contributed by atoms with Crippen LogP contribution in [0.25, 0.3) is 0 Å². The Labute approximate surface area is 123 Å². The maximum Gasteiger partial charge on any atom is 0.354 e. The number of aromatic nitrogens is 1. The number of carbonyl (C=O) groups excluding carboxylic acids is 1. The van der Waals surface area contributed by atoms with Gasteiger partial charge in [0.05, 0.1) is 0 Å². The number of aromatic carboxylic acids is 1. The maximum absolute atomic E-state index is 12.1. The van der Waals surface area contributed by atoms with Crippen molar-refractivity contribution < 1.29 is 14.7 Å². The Bertz CT molecular complexity index is 479. The lowest BCUT2D eigenvalue weighted by Gasteiger charge is -2.29. The minimum absolute atomic E-state index is 0.0261. The lowest BCUT2D eigenvalue weighted by Crippen LogP contribution is -2.39. The summed E-state index contributed by atoms with van der Waals surface area (Å²) in [6, 6.07) is 2.80. The molecule has 5 nitrogen and oxygen atoms in total. The summed E-state index contributed by atoms with van der Waals surface area (Å²) in [5.41, 5.74) is 0.194. The van der Waals surface area contributed by atoms with Gasteiger partial charge in [-0.25, -0.2) is 9.78 Å². The van der Waals surface area contributed by atoms with E-state index in [0.717, 1.165) is 12.8 Å². The summed E-state index contributed by atoms with van der Waals surface area (Å²) in [7, 11) is 0. The van der Waals surface area contributed by atoms with Crippen LogP contribution in [0.3, 0.4) is 0 Å². The molecule has 0 radical (unpaired) electrons. The summed E-state index contributed by atoms with van der Waals surface area (Å²) in [6.45, 7) is 4.76. The van der Waals surface area contributed by atoms with Crippen molar-refractivity contribution in [1.82, 2.24) is 10.3 Å². The van der Waals surface area contributed by atoms with Gasteiger partial charge in [0.1, 0.15) is 5.69 Å². The highest BCUT2D eigenvalue weighted by atomic mass is 32.2. The van der Waals surface area contributed by atoms with E-state index < -0.39 is 5.97 Å². The Balaban J connectivity index is 2.76. The van der Waals surface area contributed by atoms with E-state index >= 15 is 0 Å². The molecular formula is C14H20N2O3S. The van der Waals surface area contributed by atoms with Gasteiger partial charge in [-0.1, -0.05) is 13.8 Å². The van der Waals surface area contributed by atoms with E-state index in [9.17, 15) is 9.59 Å². The molecular weight excluding hydrogens is 276 g/mol. The smallest absolute Gasteiger partial charge is 0.354 e. The molecule has 1 heterocycles. The first kappa shape index (κ1) is 16.5. The van der Waals surface area contributed by atoms with E-state index in [4.69, 9.17) is 5.11 Å². The third-order valence-corrected chi connectivity index (χ3v) is 5.12. The van der Waals surface area contributed by atoms with E-state index in [1.165, 1.54) is 18.3 Å². The Morgan fingerprint density at radius 2 is 2.05 bits per heavy atom. The zero-order chi connectivity index (χ0) is 15.2. The highest BCUT2D eigenvalue weighted by molar-refractivity contribution is 8.00. The van der Waals surface area contributed by atoms with Gasteiger partial charge in [-0.2, -0.15) is 11.8 Å². The topological polar surface area (TPSA) is 79.3 Å². The van der Waals surface area contributed by atoms with Gasteiger partial charge in [0.2, 0.25) is 0 Å². The SMILES string of the molecule is CCC(CC)(CNC(=O)c1ccnc(C(=O)O)c1)SC. The van der Waals surface area contributed by atoms with Crippen LogP contribution in [-0.2, 0) is 0 Å². The predicted molar refractivity (Wildman–Crippen MR) is 80.4 cm³/mol. The van der Waals surface area contributed by atoms with Crippen molar-refractivity contribution in [1.29, 1.82) is 0 Å². The fourth-order valence-electron chi connectivity index (χ4n) is 1.89. The molecule has 110 valence electrons. The average molecular weight is 296 g/mol. The molecule has 0 atom stereocenters. The molecule has 0 aromatic carbocycles. The fourth-order valence-corrected chi connectivity index (χ4v) is 2.69. The van der Waals surface area contributed by atoms with E-state index in [0.29, 0.717) is 12.1 Å². The molecule has 1 aromatic rings. The van der Waals surface area contributed by atoms with E-state index in [1.54, 1.807) is 11.8 Å². The summed E-state index contributed by atoms with van der Waals surface area (Å²) >= 11 is 1.74. The molecule has 2 N–H and O–H groups in total. The number of nitrogens with zero attached hydrogens (tertiary/aromatic N) is 1. The van der Waals surface area contributed by atoms with E-state index in [2.05, 4.69) is 24.1 Å². The van der Waals surface area contributed by atoms with Crippen LogP contribution in [-0.4, -0.2) is 39.5 Å². The van der Waals surface area contributed by atoms with E-state index in [-0.39, 0.29) is 16.3 Å². The summed E-state index contributed by atoms with van der Waals surface area (Å²) in [5, 5.41) is 11.7. The Hall–Kier alpha value is -1.56. The van der Waals surface area contributed by atoms with Crippen molar-refractivity contribution in [3.05, 3.63) is 29.6 Å². The lowest BCUT2D eigenvalue weighted by molar-refractivity contribution is 0.0690. The number of rotatable bonds is 7. The first-order valence-corrected chi connectivity index (χ1v) is 7.73. The molecule has 0 bridgehead atoms. The molecule has 0 aliphatic heterocycles. The van der Waals surface area contributed by atoms with Gasteiger partial charge in [-0.05, 0) is 31.2 Å². The number of carboxylic acids is 1. The number of amides is 1. The van der Waals surface area contributed by atoms with Crippen molar-refractivity contribution >= 4 is 23.6 Å². The normalized spacial score (nSPS) is 11.2. The number of hydrogen-bond acceptors (Lipinski definition) is 4. The monoisotopic (exact) mass is 296 g/mol. The van der Waals surface area contributed by atoms with E-state index in [1.807, 2.05) is 6.26 Å². The van der Waals surface area contributed by atoms with Crippen LogP contribution >= 0.6 is 11.8 Å². The van der Waals surface area contributed by atoms with Crippen LogP contribution in [0.4, 0.5) is 0 Å². The second-order valence-electron chi connectivity index (χ2n) is 4.51. The molecule has 0 unspecified atom stereocenters. The van der Waals surface area contributed by atoms with Gasteiger partial charge in [0.15, 0.2) is 0 Å². The minimum Gasteiger partial charge on any atom is -0.477 e. The van der Waals surface area contributed by atoms with Crippen molar-refractivity contribution in [2.24, 2.45) is 0 Å². The number of carbonyl (C=O) groups is 2. The molecule has 0 aliphatic carbocycles. The van der Waals surface area contributed by atoms with Crippen LogP contribution in [0.15, 0.2) is 18.3 Å². The summed E-state index contributed by atoms with van der Waals surface area (Å²) in [5.74, 6) is -1.41. The van der Waals surface area contributed by atoms with Crippen molar-refractivity contribution in [2.45, 2.75) is 31.4 Å². The van der Waals surface area contributed by atoms with Gasteiger partial charge in [0, 0.05) is 23.1 Å². The highest BCUT2D eigenvalue weighted by Gasteiger charge is 2.25. The predicted octanol–water partition coefficient (Wildman–Crippen LogP) is 2.43. The van der Waals surface area contributed by atoms with Crippen LogP contribution in [0.5, 0.6) is 0 Å². The third kappa shape index (κ3) is 3.96. The van der Waals surface area contributed by atoms with Crippen LogP contribution in [0.1, 0.15) is 47.5 Å². The number of hydrogen-bond donors (Lipinski definition) is 2. The van der Waals surface area contributed by atoms with Crippen molar-refractivity contribution in [3.63, 3.8) is 0 Å². The van der Waals surface area contributed by atoms with Gasteiger partial charge < -0.3 is 10.4 Å². The zero-order valence-corrected chi connectivity index (χ0v) is 12.8. The largest absolute Gasteiger partial charge is 0.477 e. The number of thioether (sulfide) groups is 1. The number of nitrogens with one attached hydrogen (secondary N) is 1. The Morgan fingerprint density at radius 1 is 1.40 bits per heavy atom. The zero-order valence-electron chi connectivity index (χ0n) is 12.0. The van der Waals surface area contributed by atoms with Gasteiger partial charge >= 0.3 is 5.97 Å². The first-order valence-electron chi connectivity index (χ1n) is 6.50. The summed E-state index contributed by atoms with van der Waals surface area (Å²) in [6.07, 6.45) is 5.29. The Kier molecular flexibility index (Phi) is 6.01. The minimum atomic E-state index is -1.14. The second-order valence-corrected chi connectivity index (χ2v) is 5.79. The molecule has 0 saturated heterocycles. The summed E-state index contributed by atoms with van der Waals surface area (Å²) in [4.78, 5) is 26.6. The highest BCUT2D eigenvalue weighted by Crippen LogP contribution is 2.29. The average Bonchev–Trinajstić information content (AvgIpc) is 2.49. The number of pyridine rings is 1.